The van der Waals surface area contributed by atoms with E-state index in [-0.39, 0.29) is 13.0 Å². The standard InChI is InChI=1S/C23H27NO5S/c1-3-4-14-28-23(27)18-7-9-19(10-8-18)24-21(25)16-29-22(26)13-15-30-20-11-5-17(2)6-12-20/h5-12H,3-4,13-16H2,1-2H3,(H,24,25). The Morgan fingerprint density at radius 3 is 2.33 bits per heavy atom. The molecule has 0 saturated heterocycles. The Hall–Kier alpha value is -2.80. The number of carbonyl (C=O) groups excluding carboxylic acids is 3. The molecule has 0 saturated carbocycles. The predicted molar refractivity (Wildman–Crippen MR) is 118 cm³/mol. The smallest absolute Gasteiger partial charge is 0.338 e. The minimum absolute atomic E-state index is 0.223. The van der Waals surface area contributed by atoms with Crippen molar-refractivity contribution in [3.63, 3.8) is 0 Å². The minimum Gasteiger partial charge on any atom is -0.462 e. The van der Waals surface area contributed by atoms with Crippen LogP contribution in [0.2, 0.25) is 0 Å². The molecule has 7 heteroatoms. The average Bonchev–Trinajstić information content (AvgIpc) is 2.74. The second-order valence-corrected chi connectivity index (χ2v) is 7.86. The minimum atomic E-state index is -0.437. The fourth-order valence-electron chi connectivity index (χ4n) is 2.38. The highest BCUT2D eigenvalue weighted by Gasteiger charge is 2.10. The lowest BCUT2D eigenvalue weighted by molar-refractivity contribution is -0.146. The van der Waals surface area contributed by atoms with E-state index >= 15 is 0 Å². The molecule has 1 amide bonds. The van der Waals surface area contributed by atoms with Crippen molar-refractivity contribution < 1.29 is 23.9 Å². The number of benzene rings is 2. The summed E-state index contributed by atoms with van der Waals surface area (Å²) in [6.07, 6.45) is 2.00. The summed E-state index contributed by atoms with van der Waals surface area (Å²) in [5, 5.41) is 2.63. The molecular formula is C23H27NO5S. The van der Waals surface area contributed by atoms with Crippen molar-refractivity contribution in [2.75, 3.05) is 24.3 Å². The van der Waals surface area contributed by atoms with Gasteiger partial charge in [0, 0.05) is 16.3 Å². The maximum atomic E-state index is 12.0. The summed E-state index contributed by atoms with van der Waals surface area (Å²) in [7, 11) is 0. The van der Waals surface area contributed by atoms with Crippen LogP contribution < -0.4 is 5.32 Å². The normalized spacial score (nSPS) is 10.3. The molecule has 30 heavy (non-hydrogen) atoms. The first-order valence-electron chi connectivity index (χ1n) is 9.90. The van der Waals surface area contributed by atoms with Gasteiger partial charge in [0.25, 0.3) is 5.91 Å². The number of rotatable bonds is 11. The molecule has 160 valence electrons. The first kappa shape index (κ1) is 23.5. The number of nitrogens with one attached hydrogen (secondary N) is 1. The summed E-state index contributed by atoms with van der Waals surface area (Å²) in [5.41, 5.74) is 2.11. The molecule has 0 fully saturated rings. The van der Waals surface area contributed by atoms with Crippen LogP contribution in [-0.4, -0.2) is 36.8 Å². The zero-order chi connectivity index (χ0) is 21.8. The first-order chi connectivity index (χ1) is 14.5. The highest BCUT2D eigenvalue weighted by atomic mass is 32.2. The third kappa shape index (κ3) is 8.69. The average molecular weight is 430 g/mol. The lowest BCUT2D eigenvalue weighted by atomic mass is 10.2. The molecule has 1 N–H and O–H groups in total. The van der Waals surface area contributed by atoms with E-state index in [1.807, 2.05) is 38.1 Å². The van der Waals surface area contributed by atoms with Crippen LogP contribution in [0, 0.1) is 6.92 Å². The highest BCUT2D eigenvalue weighted by molar-refractivity contribution is 7.99. The first-order valence-corrected chi connectivity index (χ1v) is 10.9. The van der Waals surface area contributed by atoms with Crippen molar-refractivity contribution in [1.29, 1.82) is 0 Å². The number of hydrogen-bond donors (Lipinski definition) is 1. The zero-order valence-electron chi connectivity index (χ0n) is 17.3. The van der Waals surface area contributed by atoms with Crippen LogP contribution in [-0.2, 0) is 19.1 Å². The highest BCUT2D eigenvalue weighted by Crippen LogP contribution is 2.19. The molecule has 0 radical (unpaired) electrons. The Bertz CT molecular complexity index is 834. The SMILES string of the molecule is CCCCOC(=O)c1ccc(NC(=O)COC(=O)CCSc2ccc(C)cc2)cc1. The van der Waals surface area contributed by atoms with Crippen molar-refractivity contribution in [1.82, 2.24) is 0 Å². The molecule has 2 rings (SSSR count). The Kier molecular flexibility index (Phi) is 9.94. The molecule has 0 atom stereocenters. The maximum absolute atomic E-state index is 12.0. The molecule has 0 spiro atoms. The van der Waals surface area contributed by atoms with Gasteiger partial charge in [0.05, 0.1) is 18.6 Å². The monoisotopic (exact) mass is 429 g/mol. The lowest BCUT2D eigenvalue weighted by Gasteiger charge is -2.08. The summed E-state index contributed by atoms with van der Waals surface area (Å²) in [4.78, 5) is 36.7. The third-order valence-corrected chi connectivity index (χ3v) is 5.11. The van der Waals surface area contributed by atoms with Gasteiger partial charge in [0.2, 0.25) is 0 Å². The van der Waals surface area contributed by atoms with Crippen molar-refractivity contribution in [3.05, 3.63) is 59.7 Å². The molecule has 0 aliphatic heterocycles. The molecule has 0 heterocycles. The molecular weight excluding hydrogens is 402 g/mol. The fraction of sp³-hybridized carbons (Fsp3) is 0.348. The van der Waals surface area contributed by atoms with E-state index in [2.05, 4.69) is 5.32 Å². The molecule has 0 aliphatic rings. The second-order valence-electron chi connectivity index (χ2n) is 6.69. The number of aryl methyl sites for hydroxylation is 1. The summed E-state index contributed by atoms with van der Waals surface area (Å²) in [6, 6.07) is 14.4. The number of amides is 1. The van der Waals surface area contributed by atoms with Crippen LogP contribution in [0.4, 0.5) is 5.69 Å². The summed E-state index contributed by atoms with van der Waals surface area (Å²) >= 11 is 1.56. The van der Waals surface area contributed by atoms with Crippen LogP contribution in [0.25, 0.3) is 0 Å². The summed E-state index contributed by atoms with van der Waals surface area (Å²) in [6.45, 7) is 4.08. The van der Waals surface area contributed by atoms with E-state index in [1.54, 1.807) is 36.0 Å². The number of anilines is 1. The number of hydrogen-bond acceptors (Lipinski definition) is 6. The van der Waals surface area contributed by atoms with Crippen molar-refractivity contribution >= 4 is 35.3 Å². The van der Waals surface area contributed by atoms with Gasteiger partial charge in [-0.15, -0.1) is 11.8 Å². The van der Waals surface area contributed by atoms with E-state index in [0.717, 1.165) is 17.7 Å². The second kappa shape index (κ2) is 12.7. The van der Waals surface area contributed by atoms with E-state index < -0.39 is 17.8 Å². The largest absolute Gasteiger partial charge is 0.462 e. The third-order valence-electron chi connectivity index (χ3n) is 4.10. The lowest BCUT2D eigenvalue weighted by Crippen LogP contribution is -2.21. The predicted octanol–water partition coefficient (Wildman–Crippen LogP) is 4.62. The van der Waals surface area contributed by atoms with Crippen molar-refractivity contribution in [2.24, 2.45) is 0 Å². The van der Waals surface area contributed by atoms with Crippen molar-refractivity contribution in [2.45, 2.75) is 38.0 Å². The zero-order valence-corrected chi connectivity index (χ0v) is 18.1. The van der Waals surface area contributed by atoms with E-state index in [4.69, 9.17) is 9.47 Å². The van der Waals surface area contributed by atoms with Gasteiger partial charge >= 0.3 is 11.9 Å². The van der Waals surface area contributed by atoms with E-state index in [9.17, 15) is 14.4 Å². The number of unbranched alkanes of at least 4 members (excludes halogenated alkanes) is 1. The molecule has 6 nitrogen and oxygen atoms in total. The van der Waals surface area contributed by atoms with Gasteiger partial charge in [0.15, 0.2) is 6.61 Å². The Morgan fingerprint density at radius 2 is 1.67 bits per heavy atom. The van der Waals surface area contributed by atoms with Gasteiger partial charge in [-0.05, 0) is 49.7 Å². The van der Waals surface area contributed by atoms with Crippen LogP contribution in [0.1, 0.15) is 42.1 Å². The quantitative estimate of drug-likeness (QED) is 0.319. The molecule has 0 aromatic heterocycles. The number of esters is 2. The number of thioether (sulfide) groups is 1. The van der Waals surface area contributed by atoms with Gasteiger partial charge in [-0.2, -0.15) is 0 Å². The van der Waals surface area contributed by atoms with Gasteiger partial charge in [-0.3, -0.25) is 9.59 Å². The van der Waals surface area contributed by atoms with Gasteiger partial charge in [-0.1, -0.05) is 31.0 Å². The van der Waals surface area contributed by atoms with Crippen LogP contribution in [0.15, 0.2) is 53.4 Å². The molecule has 0 aliphatic carbocycles. The van der Waals surface area contributed by atoms with Crippen LogP contribution in [0.3, 0.4) is 0 Å². The Labute approximate surface area is 181 Å². The van der Waals surface area contributed by atoms with Crippen LogP contribution >= 0.6 is 11.8 Å². The van der Waals surface area contributed by atoms with Gasteiger partial charge in [0.1, 0.15) is 0 Å². The topological polar surface area (TPSA) is 81.7 Å². The van der Waals surface area contributed by atoms with Gasteiger partial charge in [-0.25, -0.2) is 4.79 Å². The van der Waals surface area contributed by atoms with E-state index in [0.29, 0.717) is 23.6 Å². The van der Waals surface area contributed by atoms with E-state index in [1.165, 1.54) is 5.56 Å². The molecule has 0 unspecified atom stereocenters. The number of ether oxygens (including phenoxy) is 2. The molecule has 0 bridgehead atoms. The van der Waals surface area contributed by atoms with Crippen LogP contribution in [0.5, 0.6) is 0 Å². The fourth-order valence-corrected chi connectivity index (χ4v) is 3.22. The Balaban J connectivity index is 1.66. The number of carbonyl (C=O) groups is 3. The summed E-state index contributed by atoms with van der Waals surface area (Å²) in [5.74, 6) is -0.666. The summed E-state index contributed by atoms with van der Waals surface area (Å²) < 4.78 is 10.1. The molecule has 2 aromatic rings. The maximum Gasteiger partial charge on any atom is 0.338 e. The van der Waals surface area contributed by atoms with Gasteiger partial charge < -0.3 is 14.8 Å². The van der Waals surface area contributed by atoms with Crippen molar-refractivity contribution in [3.8, 4) is 0 Å². The molecule has 2 aromatic carbocycles. The Morgan fingerprint density at radius 1 is 0.967 bits per heavy atom.